The normalized spacial score (nSPS) is 10.8. The third-order valence-electron chi connectivity index (χ3n) is 3.12. The first kappa shape index (κ1) is 12.5. The van der Waals surface area contributed by atoms with Gasteiger partial charge in [0.25, 0.3) is 0 Å². The quantitative estimate of drug-likeness (QED) is 0.717. The van der Waals surface area contributed by atoms with Crippen molar-refractivity contribution in [3.8, 4) is 5.75 Å². The second kappa shape index (κ2) is 5.25. The maximum absolute atomic E-state index is 12.4. The maximum atomic E-state index is 12.4. The van der Waals surface area contributed by atoms with Gasteiger partial charge in [0.05, 0.1) is 23.8 Å². The number of carbonyl (C=O) groups is 1. The molecular weight excluding hydrogens is 254 g/mol. The lowest BCUT2D eigenvalue weighted by molar-refractivity contribution is 0.101. The van der Waals surface area contributed by atoms with Gasteiger partial charge < -0.3 is 14.1 Å². The second-order valence-corrected chi connectivity index (χ2v) is 4.54. The Bertz CT molecular complexity index is 725. The van der Waals surface area contributed by atoms with Crippen LogP contribution < -0.4 is 4.74 Å². The van der Waals surface area contributed by atoms with Gasteiger partial charge >= 0.3 is 0 Å². The molecule has 4 heteroatoms. The molecule has 0 radical (unpaired) electrons. The first-order valence-corrected chi connectivity index (χ1v) is 6.62. The summed E-state index contributed by atoms with van der Waals surface area (Å²) in [5, 5.41) is 0.808. The molecule has 20 heavy (non-hydrogen) atoms. The zero-order chi connectivity index (χ0) is 13.9. The Hall–Kier alpha value is -2.49. The van der Waals surface area contributed by atoms with Crippen LogP contribution in [0.25, 0.3) is 10.9 Å². The molecule has 0 unspecified atom stereocenters. The molecule has 2 heterocycles. The van der Waals surface area contributed by atoms with Gasteiger partial charge in [-0.3, -0.25) is 4.79 Å². The molecule has 102 valence electrons. The van der Waals surface area contributed by atoms with Crippen molar-refractivity contribution in [2.45, 2.75) is 13.3 Å². The van der Waals surface area contributed by atoms with Gasteiger partial charge in [-0.2, -0.15) is 0 Å². The summed E-state index contributed by atoms with van der Waals surface area (Å²) < 4.78 is 10.9. The van der Waals surface area contributed by atoms with E-state index in [4.69, 9.17) is 9.15 Å². The molecule has 0 fully saturated rings. The highest BCUT2D eigenvalue weighted by atomic mass is 16.5. The number of ether oxygens (including phenoxy) is 1. The number of furan rings is 1. The molecule has 2 aromatic heterocycles. The van der Waals surface area contributed by atoms with Crippen LogP contribution in [0.3, 0.4) is 0 Å². The van der Waals surface area contributed by atoms with Gasteiger partial charge in [0.15, 0.2) is 5.76 Å². The van der Waals surface area contributed by atoms with Crippen LogP contribution in [0, 0.1) is 0 Å². The predicted octanol–water partition coefficient (Wildman–Crippen LogP) is 3.78. The van der Waals surface area contributed by atoms with Crippen molar-refractivity contribution in [3.05, 3.63) is 54.1 Å². The lowest BCUT2D eigenvalue weighted by Gasteiger charge is -2.07. The van der Waals surface area contributed by atoms with Gasteiger partial charge in [0.2, 0.25) is 5.78 Å². The van der Waals surface area contributed by atoms with Gasteiger partial charge in [0.1, 0.15) is 5.75 Å². The van der Waals surface area contributed by atoms with E-state index < -0.39 is 0 Å². The van der Waals surface area contributed by atoms with Crippen molar-refractivity contribution in [1.29, 1.82) is 0 Å². The summed E-state index contributed by atoms with van der Waals surface area (Å²) in [7, 11) is 0. The summed E-state index contributed by atoms with van der Waals surface area (Å²) in [6.45, 7) is 2.67. The fourth-order valence-corrected chi connectivity index (χ4v) is 2.20. The minimum atomic E-state index is -0.145. The molecule has 0 amide bonds. The zero-order valence-corrected chi connectivity index (χ0v) is 11.2. The van der Waals surface area contributed by atoms with E-state index >= 15 is 0 Å². The Morgan fingerprint density at radius 2 is 2.20 bits per heavy atom. The number of H-pyrrole nitrogens is 1. The van der Waals surface area contributed by atoms with E-state index in [-0.39, 0.29) is 5.78 Å². The van der Waals surface area contributed by atoms with Gasteiger partial charge in [-0.1, -0.05) is 13.0 Å². The fourth-order valence-electron chi connectivity index (χ4n) is 2.20. The standard InChI is InChI=1S/C16H15NO3/c1-2-8-19-13-6-3-5-12-15(13)11(10-17-12)16(18)14-7-4-9-20-14/h3-7,9-10,17H,2,8H2,1H3. The summed E-state index contributed by atoms with van der Waals surface area (Å²) in [5.74, 6) is 0.908. The summed E-state index contributed by atoms with van der Waals surface area (Å²) in [4.78, 5) is 15.5. The second-order valence-electron chi connectivity index (χ2n) is 4.54. The number of nitrogens with one attached hydrogen (secondary N) is 1. The number of fused-ring (bicyclic) bond motifs is 1. The van der Waals surface area contributed by atoms with E-state index in [0.29, 0.717) is 17.9 Å². The minimum Gasteiger partial charge on any atom is -0.493 e. The molecule has 1 aromatic carbocycles. The van der Waals surface area contributed by atoms with Crippen LogP contribution >= 0.6 is 0 Å². The molecule has 0 saturated carbocycles. The molecule has 0 aliphatic heterocycles. The highest BCUT2D eigenvalue weighted by Gasteiger charge is 2.19. The molecule has 0 atom stereocenters. The highest BCUT2D eigenvalue weighted by molar-refractivity contribution is 6.16. The Kier molecular flexibility index (Phi) is 3.29. The van der Waals surface area contributed by atoms with E-state index in [2.05, 4.69) is 4.98 Å². The average Bonchev–Trinajstić information content (AvgIpc) is 3.13. The molecule has 0 spiro atoms. The molecule has 3 rings (SSSR count). The number of benzene rings is 1. The van der Waals surface area contributed by atoms with Crippen molar-refractivity contribution in [1.82, 2.24) is 4.98 Å². The number of rotatable bonds is 5. The van der Waals surface area contributed by atoms with Crippen molar-refractivity contribution < 1.29 is 13.9 Å². The predicted molar refractivity (Wildman–Crippen MR) is 76.2 cm³/mol. The van der Waals surface area contributed by atoms with Crippen molar-refractivity contribution >= 4 is 16.7 Å². The summed E-state index contributed by atoms with van der Waals surface area (Å²) in [6, 6.07) is 9.08. The first-order chi connectivity index (χ1) is 9.81. The van der Waals surface area contributed by atoms with Crippen LogP contribution in [0.5, 0.6) is 5.75 Å². The first-order valence-electron chi connectivity index (χ1n) is 6.62. The highest BCUT2D eigenvalue weighted by Crippen LogP contribution is 2.30. The number of aromatic nitrogens is 1. The monoisotopic (exact) mass is 269 g/mol. The van der Waals surface area contributed by atoms with E-state index in [9.17, 15) is 4.79 Å². The molecular formula is C16H15NO3. The topological polar surface area (TPSA) is 55.2 Å². The Balaban J connectivity index is 2.09. The van der Waals surface area contributed by atoms with Crippen LogP contribution in [-0.2, 0) is 0 Å². The maximum Gasteiger partial charge on any atom is 0.230 e. The molecule has 4 nitrogen and oxygen atoms in total. The van der Waals surface area contributed by atoms with Crippen LogP contribution in [0.15, 0.2) is 47.2 Å². The lowest BCUT2D eigenvalue weighted by Crippen LogP contribution is -2.00. The third kappa shape index (κ3) is 2.09. The van der Waals surface area contributed by atoms with Crippen LogP contribution in [0.1, 0.15) is 29.5 Å². The van der Waals surface area contributed by atoms with E-state index in [1.165, 1.54) is 6.26 Å². The van der Waals surface area contributed by atoms with E-state index in [1.807, 2.05) is 25.1 Å². The third-order valence-corrected chi connectivity index (χ3v) is 3.12. The molecule has 0 bridgehead atoms. The minimum absolute atomic E-state index is 0.145. The van der Waals surface area contributed by atoms with Gasteiger partial charge in [-0.15, -0.1) is 0 Å². The van der Waals surface area contributed by atoms with Crippen LogP contribution in [0.2, 0.25) is 0 Å². The Labute approximate surface area is 116 Å². The Morgan fingerprint density at radius 3 is 2.95 bits per heavy atom. The average molecular weight is 269 g/mol. The van der Waals surface area contributed by atoms with E-state index in [0.717, 1.165) is 23.1 Å². The van der Waals surface area contributed by atoms with Crippen molar-refractivity contribution in [2.75, 3.05) is 6.61 Å². The summed E-state index contributed by atoms with van der Waals surface area (Å²) in [6.07, 6.45) is 4.12. The molecule has 3 aromatic rings. The number of aromatic amines is 1. The largest absolute Gasteiger partial charge is 0.493 e. The molecule has 1 N–H and O–H groups in total. The van der Waals surface area contributed by atoms with Crippen molar-refractivity contribution in [2.24, 2.45) is 0 Å². The van der Waals surface area contributed by atoms with E-state index in [1.54, 1.807) is 18.3 Å². The molecule has 0 aliphatic rings. The van der Waals surface area contributed by atoms with Gasteiger partial charge in [-0.05, 0) is 30.7 Å². The van der Waals surface area contributed by atoms with Crippen LogP contribution in [0.4, 0.5) is 0 Å². The zero-order valence-electron chi connectivity index (χ0n) is 11.2. The fraction of sp³-hybridized carbons (Fsp3) is 0.188. The van der Waals surface area contributed by atoms with Crippen molar-refractivity contribution in [3.63, 3.8) is 0 Å². The Morgan fingerprint density at radius 1 is 1.30 bits per heavy atom. The number of hydrogen-bond donors (Lipinski definition) is 1. The lowest BCUT2D eigenvalue weighted by atomic mass is 10.1. The van der Waals surface area contributed by atoms with Gasteiger partial charge in [0, 0.05) is 11.7 Å². The molecule has 0 saturated heterocycles. The van der Waals surface area contributed by atoms with Crippen LogP contribution in [-0.4, -0.2) is 17.4 Å². The number of hydrogen-bond acceptors (Lipinski definition) is 3. The number of carbonyl (C=O) groups excluding carboxylic acids is 1. The summed E-state index contributed by atoms with van der Waals surface area (Å²) >= 11 is 0. The number of ketones is 1. The SMILES string of the molecule is CCCOc1cccc2[nH]cc(C(=O)c3ccco3)c12. The summed E-state index contributed by atoms with van der Waals surface area (Å²) in [5.41, 5.74) is 1.45. The van der Waals surface area contributed by atoms with Gasteiger partial charge in [-0.25, -0.2) is 0 Å². The molecule has 0 aliphatic carbocycles. The smallest absolute Gasteiger partial charge is 0.230 e.